The molecule has 20 heavy (non-hydrogen) atoms. The molecular formula is C14H21BrN2O3. The molecule has 0 saturated carbocycles. The highest BCUT2D eigenvalue weighted by atomic mass is 79.9. The van der Waals surface area contributed by atoms with E-state index in [1.54, 1.807) is 6.07 Å². The van der Waals surface area contributed by atoms with Crippen molar-refractivity contribution in [3.05, 3.63) is 38.3 Å². The molecular weight excluding hydrogens is 324 g/mol. The number of nitrogens with zero attached hydrogens (tertiary/aromatic N) is 1. The number of benzene rings is 1. The van der Waals surface area contributed by atoms with Crippen LogP contribution in [0.25, 0.3) is 0 Å². The van der Waals surface area contributed by atoms with Gasteiger partial charge in [0.15, 0.2) is 0 Å². The van der Waals surface area contributed by atoms with Crippen molar-refractivity contribution < 1.29 is 9.66 Å². The lowest BCUT2D eigenvalue weighted by Crippen LogP contribution is -2.16. The molecule has 0 heterocycles. The summed E-state index contributed by atoms with van der Waals surface area (Å²) in [6, 6.07) is 5.13. The van der Waals surface area contributed by atoms with Gasteiger partial charge in [-0.3, -0.25) is 10.1 Å². The Balaban J connectivity index is 2.30. The summed E-state index contributed by atoms with van der Waals surface area (Å²) in [4.78, 5) is 10.6. The van der Waals surface area contributed by atoms with Crippen LogP contribution in [0.15, 0.2) is 22.7 Å². The van der Waals surface area contributed by atoms with Crippen LogP contribution in [0.1, 0.15) is 32.3 Å². The summed E-state index contributed by atoms with van der Waals surface area (Å²) in [5, 5.41) is 14.2. The Kier molecular flexibility index (Phi) is 7.72. The molecule has 0 saturated heterocycles. The average molecular weight is 345 g/mol. The predicted octanol–water partition coefficient (Wildman–Crippen LogP) is 3.65. The van der Waals surface area contributed by atoms with E-state index in [2.05, 4.69) is 21.2 Å². The third-order valence-corrected chi connectivity index (χ3v) is 3.25. The summed E-state index contributed by atoms with van der Waals surface area (Å²) in [5.41, 5.74) is 0.853. The fourth-order valence-corrected chi connectivity index (χ4v) is 2.10. The van der Waals surface area contributed by atoms with E-state index in [1.165, 1.54) is 6.07 Å². The van der Waals surface area contributed by atoms with Crippen LogP contribution in [-0.4, -0.2) is 24.2 Å². The second-order valence-electron chi connectivity index (χ2n) is 4.83. The lowest BCUT2D eigenvalue weighted by Gasteiger charge is -2.08. The first-order valence-corrected chi connectivity index (χ1v) is 7.55. The number of halogens is 1. The van der Waals surface area contributed by atoms with E-state index in [9.17, 15) is 10.1 Å². The van der Waals surface area contributed by atoms with Crippen LogP contribution in [0.5, 0.6) is 0 Å². The Morgan fingerprint density at radius 1 is 1.40 bits per heavy atom. The molecule has 0 unspecified atom stereocenters. The standard InChI is InChI=1S/C14H21BrN2O3/c1-11(2)20-8-4-3-7-16-10-12-5-6-13(15)9-14(12)17(18)19/h5-6,9,11,16H,3-4,7-8,10H2,1-2H3. The van der Waals surface area contributed by atoms with Gasteiger partial charge in [0.05, 0.1) is 11.0 Å². The van der Waals surface area contributed by atoms with Gasteiger partial charge >= 0.3 is 0 Å². The van der Waals surface area contributed by atoms with E-state index in [4.69, 9.17) is 4.74 Å². The van der Waals surface area contributed by atoms with E-state index in [0.29, 0.717) is 12.1 Å². The summed E-state index contributed by atoms with van der Waals surface area (Å²) in [6.07, 6.45) is 2.26. The molecule has 1 aromatic rings. The number of unbranched alkanes of at least 4 members (excludes halogenated alkanes) is 1. The van der Waals surface area contributed by atoms with Gasteiger partial charge in [-0.1, -0.05) is 15.9 Å². The zero-order chi connectivity index (χ0) is 15.0. The van der Waals surface area contributed by atoms with E-state index in [0.717, 1.165) is 30.5 Å². The average Bonchev–Trinajstić information content (AvgIpc) is 2.38. The maximum Gasteiger partial charge on any atom is 0.275 e. The Morgan fingerprint density at radius 3 is 2.80 bits per heavy atom. The van der Waals surface area contributed by atoms with Crippen molar-refractivity contribution in [2.24, 2.45) is 0 Å². The number of ether oxygens (including phenoxy) is 1. The van der Waals surface area contributed by atoms with Gasteiger partial charge in [-0.2, -0.15) is 0 Å². The van der Waals surface area contributed by atoms with E-state index >= 15 is 0 Å². The summed E-state index contributed by atoms with van der Waals surface area (Å²) < 4.78 is 6.17. The van der Waals surface area contributed by atoms with Gasteiger partial charge < -0.3 is 10.1 Å². The molecule has 0 aromatic heterocycles. The predicted molar refractivity (Wildman–Crippen MR) is 82.8 cm³/mol. The minimum Gasteiger partial charge on any atom is -0.379 e. The van der Waals surface area contributed by atoms with Gasteiger partial charge in [0.25, 0.3) is 5.69 Å². The summed E-state index contributed by atoms with van der Waals surface area (Å²) >= 11 is 3.25. The molecule has 0 fully saturated rings. The minimum atomic E-state index is -0.349. The van der Waals surface area contributed by atoms with Crippen molar-refractivity contribution >= 4 is 21.6 Å². The van der Waals surface area contributed by atoms with Gasteiger partial charge in [-0.05, 0) is 45.4 Å². The third kappa shape index (κ3) is 6.45. The fraction of sp³-hybridized carbons (Fsp3) is 0.571. The number of hydrogen-bond acceptors (Lipinski definition) is 4. The molecule has 0 amide bonds. The van der Waals surface area contributed by atoms with Gasteiger partial charge in [-0.15, -0.1) is 0 Å². The number of nitro groups is 1. The molecule has 0 bridgehead atoms. The summed E-state index contributed by atoms with van der Waals surface area (Å²) in [5.74, 6) is 0. The molecule has 1 N–H and O–H groups in total. The molecule has 6 heteroatoms. The van der Waals surface area contributed by atoms with Crippen LogP contribution in [-0.2, 0) is 11.3 Å². The van der Waals surface area contributed by atoms with Crippen LogP contribution < -0.4 is 5.32 Å². The molecule has 1 aromatic carbocycles. The van der Waals surface area contributed by atoms with E-state index in [-0.39, 0.29) is 16.7 Å². The van der Waals surface area contributed by atoms with Crippen LogP contribution in [0.4, 0.5) is 5.69 Å². The topological polar surface area (TPSA) is 64.4 Å². The summed E-state index contributed by atoms with van der Waals surface area (Å²) in [7, 11) is 0. The molecule has 0 aliphatic carbocycles. The second kappa shape index (κ2) is 9.05. The summed E-state index contributed by atoms with van der Waals surface area (Å²) in [6.45, 7) is 6.14. The highest BCUT2D eigenvalue weighted by molar-refractivity contribution is 9.10. The van der Waals surface area contributed by atoms with Crippen molar-refractivity contribution in [1.82, 2.24) is 5.32 Å². The Labute approximate surface area is 128 Å². The lowest BCUT2D eigenvalue weighted by molar-refractivity contribution is -0.385. The number of hydrogen-bond donors (Lipinski definition) is 1. The number of nitrogens with one attached hydrogen (secondary N) is 1. The molecule has 0 aliphatic heterocycles. The third-order valence-electron chi connectivity index (χ3n) is 2.76. The number of nitro benzene ring substituents is 1. The highest BCUT2D eigenvalue weighted by Crippen LogP contribution is 2.23. The minimum absolute atomic E-state index is 0.148. The Morgan fingerprint density at radius 2 is 2.15 bits per heavy atom. The fourth-order valence-electron chi connectivity index (χ4n) is 1.75. The maximum atomic E-state index is 11.0. The van der Waals surface area contributed by atoms with Crippen LogP contribution in [0.2, 0.25) is 0 Å². The SMILES string of the molecule is CC(C)OCCCCNCc1ccc(Br)cc1[N+](=O)[O-]. The first kappa shape index (κ1) is 17.1. The largest absolute Gasteiger partial charge is 0.379 e. The van der Waals surface area contributed by atoms with Crippen molar-refractivity contribution in [2.75, 3.05) is 13.2 Å². The van der Waals surface area contributed by atoms with Crippen LogP contribution >= 0.6 is 15.9 Å². The van der Waals surface area contributed by atoms with Crippen LogP contribution in [0, 0.1) is 10.1 Å². The van der Waals surface area contributed by atoms with Crippen molar-refractivity contribution in [2.45, 2.75) is 39.3 Å². The first-order chi connectivity index (χ1) is 9.50. The zero-order valence-corrected chi connectivity index (χ0v) is 13.5. The molecule has 5 nitrogen and oxygen atoms in total. The van der Waals surface area contributed by atoms with Crippen LogP contribution in [0.3, 0.4) is 0 Å². The van der Waals surface area contributed by atoms with Crippen molar-refractivity contribution in [3.8, 4) is 0 Å². The quantitative estimate of drug-likeness (QED) is 0.421. The lowest BCUT2D eigenvalue weighted by atomic mass is 10.2. The zero-order valence-electron chi connectivity index (χ0n) is 11.9. The normalized spacial score (nSPS) is 11.0. The van der Waals surface area contributed by atoms with Gasteiger partial charge in [0.1, 0.15) is 0 Å². The monoisotopic (exact) mass is 344 g/mol. The molecule has 0 spiro atoms. The second-order valence-corrected chi connectivity index (χ2v) is 5.75. The van der Waals surface area contributed by atoms with Gasteiger partial charge in [0, 0.05) is 29.3 Å². The maximum absolute atomic E-state index is 11.0. The Bertz CT molecular complexity index is 438. The Hall–Kier alpha value is -0.980. The van der Waals surface area contributed by atoms with Gasteiger partial charge in [0.2, 0.25) is 0 Å². The molecule has 112 valence electrons. The van der Waals surface area contributed by atoms with E-state index < -0.39 is 0 Å². The molecule has 1 rings (SSSR count). The smallest absolute Gasteiger partial charge is 0.275 e. The first-order valence-electron chi connectivity index (χ1n) is 6.76. The van der Waals surface area contributed by atoms with Gasteiger partial charge in [-0.25, -0.2) is 0 Å². The molecule has 0 aliphatic rings. The van der Waals surface area contributed by atoms with E-state index in [1.807, 2.05) is 19.9 Å². The highest BCUT2D eigenvalue weighted by Gasteiger charge is 2.13. The molecule has 0 radical (unpaired) electrons. The molecule has 0 atom stereocenters. The number of rotatable bonds is 9. The van der Waals surface area contributed by atoms with Crippen molar-refractivity contribution in [3.63, 3.8) is 0 Å². The van der Waals surface area contributed by atoms with Crippen molar-refractivity contribution in [1.29, 1.82) is 0 Å².